The largest absolute Gasteiger partial charge is 0.433 e. The summed E-state index contributed by atoms with van der Waals surface area (Å²) in [6.45, 7) is 2.44. The first kappa shape index (κ1) is 21.1. The third-order valence-electron chi connectivity index (χ3n) is 5.81. The predicted molar refractivity (Wildman–Crippen MR) is 106 cm³/mol. The number of nitrogens with zero attached hydrogens (tertiary/aromatic N) is 8. The summed E-state index contributed by atoms with van der Waals surface area (Å²) in [6, 6.07) is 7.48. The van der Waals surface area contributed by atoms with Gasteiger partial charge in [0.25, 0.3) is 0 Å². The zero-order valence-corrected chi connectivity index (χ0v) is 17.3. The van der Waals surface area contributed by atoms with Crippen molar-refractivity contribution in [2.75, 3.05) is 26.2 Å². The van der Waals surface area contributed by atoms with Crippen molar-refractivity contribution in [2.45, 2.75) is 24.6 Å². The fourth-order valence-corrected chi connectivity index (χ4v) is 3.97. The van der Waals surface area contributed by atoms with E-state index < -0.39 is 11.9 Å². The highest BCUT2D eigenvalue weighted by Crippen LogP contribution is 2.32. The Morgan fingerprint density at radius 3 is 2.55 bits per heavy atom. The van der Waals surface area contributed by atoms with E-state index in [1.807, 2.05) is 17.0 Å². The number of amides is 2. The van der Waals surface area contributed by atoms with Gasteiger partial charge < -0.3 is 14.5 Å². The third kappa shape index (κ3) is 4.43. The molecule has 2 amide bonds. The summed E-state index contributed by atoms with van der Waals surface area (Å²) in [6.07, 6.45) is -1.19. The molecule has 1 atom stereocenters. The summed E-state index contributed by atoms with van der Waals surface area (Å²) < 4.78 is 45.4. The van der Waals surface area contributed by atoms with Crippen molar-refractivity contribution in [1.82, 2.24) is 40.0 Å². The van der Waals surface area contributed by atoms with E-state index in [1.165, 1.54) is 0 Å². The van der Waals surface area contributed by atoms with Crippen molar-refractivity contribution in [3.05, 3.63) is 54.1 Å². The zero-order valence-electron chi connectivity index (χ0n) is 17.3. The van der Waals surface area contributed by atoms with E-state index in [4.69, 9.17) is 4.74 Å². The minimum atomic E-state index is -4.57. The second-order valence-corrected chi connectivity index (χ2v) is 7.96. The van der Waals surface area contributed by atoms with Crippen LogP contribution >= 0.6 is 0 Å². The number of carbonyl (C=O) groups excluding carboxylic acids is 1. The van der Waals surface area contributed by atoms with Crippen LogP contribution in [0.4, 0.5) is 18.0 Å². The molecule has 2 aliphatic rings. The molecule has 33 heavy (non-hydrogen) atoms. The van der Waals surface area contributed by atoms with Gasteiger partial charge in [-0.2, -0.15) is 18.2 Å². The molecule has 0 radical (unpaired) electrons. The summed E-state index contributed by atoms with van der Waals surface area (Å²) >= 11 is 0. The first-order valence-corrected chi connectivity index (χ1v) is 10.3. The third-order valence-corrected chi connectivity index (χ3v) is 5.81. The van der Waals surface area contributed by atoms with Gasteiger partial charge in [0, 0.05) is 38.3 Å². The molecule has 172 valence electrons. The molecule has 0 N–H and O–H groups in total. The van der Waals surface area contributed by atoms with Crippen LogP contribution in [0.5, 0.6) is 11.8 Å². The van der Waals surface area contributed by atoms with E-state index in [1.54, 1.807) is 28.0 Å². The number of alkyl halides is 3. The van der Waals surface area contributed by atoms with Crippen LogP contribution in [0.25, 0.3) is 0 Å². The molecule has 0 unspecified atom stereocenters. The Bertz CT molecular complexity index is 1120. The Balaban J connectivity index is 1.14. The highest BCUT2D eigenvalue weighted by atomic mass is 19.4. The summed E-state index contributed by atoms with van der Waals surface area (Å²) in [5.74, 6) is 0.516. The molecule has 4 heterocycles. The summed E-state index contributed by atoms with van der Waals surface area (Å²) in [5.41, 5.74) is -0.0463. The van der Waals surface area contributed by atoms with Gasteiger partial charge in [-0.15, -0.1) is 5.10 Å². The van der Waals surface area contributed by atoms with Gasteiger partial charge in [-0.1, -0.05) is 12.1 Å². The summed E-state index contributed by atoms with van der Waals surface area (Å²) in [7, 11) is 0. The molecule has 0 saturated carbocycles. The van der Waals surface area contributed by atoms with E-state index in [-0.39, 0.29) is 24.0 Å². The van der Waals surface area contributed by atoms with Crippen molar-refractivity contribution < 1.29 is 22.7 Å². The highest BCUT2D eigenvalue weighted by Gasteiger charge is 2.37. The Kier molecular flexibility index (Phi) is 5.30. The molecule has 13 heteroatoms. The second-order valence-electron chi connectivity index (χ2n) is 7.96. The van der Waals surface area contributed by atoms with Crippen LogP contribution in [0, 0.1) is 0 Å². The van der Waals surface area contributed by atoms with Crippen LogP contribution in [-0.2, 0) is 6.18 Å². The lowest BCUT2D eigenvalue weighted by Crippen LogP contribution is -2.53. The number of aromatic nitrogens is 6. The average Bonchev–Trinajstić information content (AvgIpc) is 3.45. The Labute approximate surface area is 186 Å². The van der Waals surface area contributed by atoms with Crippen LogP contribution in [0.3, 0.4) is 0 Å². The van der Waals surface area contributed by atoms with E-state index >= 15 is 0 Å². The maximum absolute atomic E-state index is 12.8. The van der Waals surface area contributed by atoms with E-state index in [0.29, 0.717) is 31.9 Å². The smallest absolute Gasteiger partial charge is 0.424 e. The first-order chi connectivity index (χ1) is 15.9. The molecule has 2 saturated heterocycles. The Hall–Kier alpha value is -3.77. The standard InChI is InChI=1S/C20H19F3N8O2/c21-20(22,23)17-5-7-24-18(26-17)33-16-3-1-13(2-4-16)14-9-30(10-14)19(32)29-8-6-15(11-29)31-12-25-27-28-31/h1-5,7,12,14-15H,6,8-11H2/t15-/m0/s1. The van der Waals surface area contributed by atoms with Crippen LogP contribution < -0.4 is 4.74 Å². The van der Waals surface area contributed by atoms with Gasteiger partial charge in [-0.25, -0.2) is 14.5 Å². The van der Waals surface area contributed by atoms with Crippen molar-refractivity contribution >= 4 is 6.03 Å². The number of ether oxygens (including phenoxy) is 1. The van der Waals surface area contributed by atoms with Crippen molar-refractivity contribution in [3.63, 3.8) is 0 Å². The normalized spacial score (nSPS) is 18.9. The fraction of sp³-hybridized carbons (Fsp3) is 0.400. The number of benzene rings is 1. The summed E-state index contributed by atoms with van der Waals surface area (Å²) in [5, 5.41) is 11.2. The zero-order chi connectivity index (χ0) is 23.0. The number of halogens is 3. The van der Waals surface area contributed by atoms with Gasteiger partial charge in [-0.3, -0.25) is 0 Å². The number of carbonyl (C=O) groups is 1. The molecule has 1 aromatic carbocycles. The average molecular weight is 460 g/mol. The molecule has 5 rings (SSSR count). The van der Waals surface area contributed by atoms with Crippen molar-refractivity contribution in [3.8, 4) is 11.8 Å². The number of hydrogen-bond acceptors (Lipinski definition) is 7. The summed E-state index contributed by atoms with van der Waals surface area (Å²) in [4.78, 5) is 23.5. The van der Waals surface area contributed by atoms with E-state index in [2.05, 4.69) is 25.5 Å². The van der Waals surface area contributed by atoms with Gasteiger partial charge in [-0.05, 0) is 40.6 Å². The topological polar surface area (TPSA) is 102 Å². The van der Waals surface area contributed by atoms with Crippen LogP contribution in [0.15, 0.2) is 42.9 Å². The van der Waals surface area contributed by atoms with Gasteiger partial charge in [0.15, 0.2) is 5.69 Å². The number of urea groups is 1. The van der Waals surface area contributed by atoms with Crippen molar-refractivity contribution in [2.24, 2.45) is 0 Å². The molecule has 2 aliphatic heterocycles. The number of hydrogen-bond donors (Lipinski definition) is 0. The fourth-order valence-electron chi connectivity index (χ4n) is 3.97. The Morgan fingerprint density at radius 2 is 1.85 bits per heavy atom. The predicted octanol–water partition coefficient (Wildman–Crippen LogP) is 2.74. The number of tetrazole rings is 1. The maximum Gasteiger partial charge on any atom is 0.433 e. The van der Waals surface area contributed by atoms with E-state index in [9.17, 15) is 18.0 Å². The molecule has 2 aromatic heterocycles. The molecular weight excluding hydrogens is 441 g/mol. The molecule has 0 aliphatic carbocycles. The van der Waals surface area contributed by atoms with Crippen LogP contribution in [0.2, 0.25) is 0 Å². The molecule has 2 fully saturated rings. The van der Waals surface area contributed by atoms with E-state index in [0.717, 1.165) is 24.2 Å². The molecule has 0 spiro atoms. The van der Waals surface area contributed by atoms with Gasteiger partial charge >= 0.3 is 18.2 Å². The second kappa shape index (κ2) is 8.30. The lowest BCUT2D eigenvalue weighted by atomic mass is 9.92. The first-order valence-electron chi connectivity index (χ1n) is 10.3. The maximum atomic E-state index is 12.8. The molecule has 3 aromatic rings. The lowest BCUT2D eigenvalue weighted by Gasteiger charge is -2.41. The monoisotopic (exact) mass is 460 g/mol. The SMILES string of the molecule is O=C(N1CC(c2ccc(Oc3nccc(C(F)(F)F)n3)cc2)C1)N1CC[C@H](n2cnnn2)C1. The van der Waals surface area contributed by atoms with Crippen molar-refractivity contribution in [1.29, 1.82) is 0 Å². The number of likely N-dealkylation sites (tertiary alicyclic amines) is 2. The quantitative estimate of drug-likeness (QED) is 0.590. The molecule has 10 nitrogen and oxygen atoms in total. The number of rotatable bonds is 4. The minimum absolute atomic E-state index is 0.00322. The lowest BCUT2D eigenvalue weighted by molar-refractivity contribution is -0.141. The molecular formula is C20H19F3N8O2. The van der Waals surface area contributed by atoms with Gasteiger partial charge in [0.05, 0.1) is 6.04 Å². The minimum Gasteiger partial charge on any atom is -0.424 e. The van der Waals surface area contributed by atoms with Crippen LogP contribution in [0.1, 0.15) is 29.6 Å². The van der Waals surface area contributed by atoms with Gasteiger partial charge in [0.1, 0.15) is 12.1 Å². The molecule has 0 bridgehead atoms. The highest BCUT2D eigenvalue weighted by molar-refractivity contribution is 5.76. The van der Waals surface area contributed by atoms with Gasteiger partial charge in [0.2, 0.25) is 0 Å². The van der Waals surface area contributed by atoms with Crippen LogP contribution in [-0.4, -0.2) is 72.2 Å². The Morgan fingerprint density at radius 1 is 1.06 bits per heavy atom.